The predicted molar refractivity (Wildman–Crippen MR) is 86.4 cm³/mol. The Morgan fingerprint density at radius 1 is 1.25 bits per heavy atom. The Labute approximate surface area is 126 Å². The van der Waals surface area contributed by atoms with E-state index in [9.17, 15) is 0 Å². The van der Waals surface area contributed by atoms with Crippen LogP contribution >= 0.6 is 0 Å². The van der Waals surface area contributed by atoms with Crippen LogP contribution in [0, 0.1) is 11.8 Å². The molecule has 1 atom stereocenters. The van der Waals surface area contributed by atoms with E-state index in [1.165, 1.54) is 44.9 Å². The Bertz CT molecular complexity index is 247. The zero-order valence-corrected chi connectivity index (χ0v) is 14.1. The lowest BCUT2D eigenvalue weighted by Gasteiger charge is -2.35. The maximum Gasteiger partial charge on any atom is 0.0623 e. The monoisotopic (exact) mass is 284 g/mol. The van der Waals surface area contributed by atoms with Crippen LogP contribution in [0.15, 0.2) is 0 Å². The maximum atomic E-state index is 5.80. The van der Waals surface area contributed by atoms with Gasteiger partial charge in [-0.25, -0.2) is 0 Å². The topological polar surface area (TPSA) is 47.3 Å². The van der Waals surface area contributed by atoms with E-state index in [0.29, 0.717) is 6.04 Å². The highest BCUT2D eigenvalue weighted by atomic mass is 16.5. The van der Waals surface area contributed by atoms with E-state index in [1.807, 2.05) is 0 Å². The van der Waals surface area contributed by atoms with Crippen molar-refractivity contribution < 1.29 is 4.74 Å². The van der Waals surface area contributed by atoms with Gasteiger partial charge in [0.2, 0.25) is 0 Å². The summed E-state index contributed by atoms with van der Waals surface area (Å²) < 4.78 is 5.51. The third-order valence-corrected chi connectivity index (χ3v) is 5.25. The quantitative estimate of drug-likeness (QED) is 0.496. The molecule has 1 saturated carbocycles. The first-order valence-electron chi connectivity index (χ1n) is 8.53. The van der Waals surface area contributed by atoms with E-state index < -0.39 is 0 Å². The van der Waals surface area contributed by atoms with Crippen molar-refractivity contribution in [3.05, 3.63) is 0 Å². The summed E-state index contributed by atoms with van der Waals surface area (Å²) in [6, 6.07) is 0.455. The van der Waals surface area contributed by atoms with Crippen molar-refractivity contribution in [2.75, 3.05) is 7.11 Å². The minimum absolute atomic E-state index is 0.0343. The summed E-state index contributed by atoms with van der Waals surface area (Å²) in [4.78, 5) is 0. The Morgan fingerprint density at radius 3 is 2.40 bits per heavy atom. The SMILES string of the molecule is CCCCC1CCC(C(CCC(C)(C)OC)NN)CC1. The van der Waals surface area contributed by atoms with Crippen molar-refractivity contribution in [2.45, 2.75) is 90.2 Å². The molecule has 0 spiro atoms. The van der Waals surface area contributed by atoms with Gasteiger partial charge >= 0.3 is 0 Å². The molecule has 1 aliphatic rings. The van der Waals surface area contributed by atoms with Gasteiger partial charge in [0, 0.05) is 13.2 Å². The van der Waals surface area contributed by atoms with Crippen molar-refractivity contribution >= 4 is 0 Å². The summed E-state index contributed by atoms with van der Waals surface area (Å²) in [5, 5.41) is 0. The van der Waals surface area contributed by atoms with E-state index in [0.717, 1.165) is 24.7 Å². The van der Waals surface area contributed by atoms with Gasteiger partial charge in [0.25, 0.3) is 0 Å². The smallest absolute Gasteiger partial charge is 0.0623 e. The predicted octanol–water partition coefficient (Wildman–Crippen LogP) is 4.02. The Kier molecular flexibility index (Phi) is 8.08. The molecule has 20 heavy (non-hydrogen) atoms. The minimum Gasteiger partial charge on any atom is -0.379 e. The number of methoxy groups -OCH3 is 1. The molecule has 0 aromatic rings. The molecule has 0 heterocycles. The van der Waals surface area contributed by atoms with Crippen LogP contribution in [0.25, 0.3) is 0 Å². The Hall–Kier alpha value is -0.120. The molecule has 0 saturated heterocycles. The number of rotatable bonds is 9. The van der Waals surface area contributed by atoms with Gasteiger partial charge in [0.15, 0.2) is 0 Å². The summed E-state index contributed by atoms with van der Waals surface area (Å²) in [5.74, 6) is 7.53. The van der Waals surface area contributed by atoms with Gasteiger partial charge in [0.1, 0.15) is 0 Å². The molecule has 1 fully saturated rings. The normalized spacial score (nSPS) is 25.6. The van der Waals surface area contributed by atoms with Gasteiger partial charge in [-0.1, -0.05) is 39.0 Å². The van der Waals surface area contributed by atoms with Gasteiger partial charge in [0.05, 0.1) is 5.60 Å². The highest BCUT2D eigenvalue weighted by Crippen LogP contribution is 2.35. The molecule has 1 rings (SSSR count). The average Bonchev–Trinajstić information content (AvgIpc) is 2.47. The molecular formula is C17H36N2O. The summed E-state index contributed by atoms with van der Waals surface area (Å²) in [6.45, 7) is 6.60. The van der Waals surface area contributed by atoms with E-state index >= 15 is 0 Å². The second-order valence-electron chi connectivity index (χ2n) is 7.20. The second-order valence-corrected chi connectivity index (χ2v) is 7.20. The lowest BCUT2D eigenvalue weighted by Crippen LogP contribution is -2.43. The highest BCUT2D eigenvalue weighted by Gasteiger charge is 2.28. The van der Waals surface area contributed by atoms with Crippen molar-refractivity contribution in [3.8, 4) is 0 Å². The molecule has 120 valence electrons. The second kappa shape index (κ2) is 9.01. The van der Waals surface area contributed by atoms with Crippen LogP contribution < -0.4 is 11.3 Å². The van der Waals surface area contributed by atoms with E-state index in [1.54, 1.807) is 7.11 Å². The Morgan fingerprint density at radius 2 is 1.90 bits per heavy atom. The number of ether oxygens (including phenoxy) is 1. The molecule has 0 aromatic carbocycles. The van der Waals surface area contributed by atoms with Gasteiger partial charge in [-0.05, 0) is 51.4 Å². The maximum absolute atomic E-state index is 5.80. The summed E-state index contributed by atoms with van der Waals surface area (Å²) in [5.41, 5.74) is 3.04. The van der Waals surface area contributed by atoms with Gasteiger partial charge in [-0.3, -0.25) is 11.3 Å². The van der Waals surface area contributed by atoms with Crippen LogP contribution in [-0.2, 0) is 4.74 Å². The standard InChI is InChI=1S/C17H36N2O/c1-5-6-7-14-8-10-15(11-9-14)16(19-18)12-13-17(2,3)20-4/h14-16,19H,5-13,18H2,1-4H3. The van der Waals surface area contributed by atoms with Crippen LogP contribution in [0.3, 0.4) is 0 Å². The minimum atomic E-state index is -0.0343. The van der Waals surface area contributed by atoms with E-state index in [4.69, 9.17) is 10.6 Å². The number of nitrogens with two attached hydrogens (primary N) is 1. The van der Waals surface area contributed by atoms with Gasteiger partial charge < -0.3 is 4.74 Å². The third kappa shape index (κ3) is 6.11. The first-order chi connectivity index (χ1) is 9.52. The summed E-state index contributed by atoms with van der Waals surface area (Å²) in [6.07, 6.45) is 11.8. The average molecular weight is 284 g/mol. The van der Waals surface area contributed by atoms with E-state index in [-0.39, 0.29) is 5.60 Å². The molecule has 1 aliphatic carbocycles. The van der Waals surface area contributed by atoms with Crippen LogP contribution in [0.2, 0.25) is 0 Å². The summed E-state index contributed by atoms with van der Waals surface area (Å²) in [7, 11) is 1.80. The lowest BCUT2D eigenvalue weighted by molar-refractivity contribution is 0.00921. The summed E-state index contributed by atoms with van der Waals surface area (Å²) >= 11 is 0. The molecule has 3 nitrogen and oxygen atoms in total. The van der Waals surface area contributed by atoms with Crippen LogP contribution in [0.4, 0.5) is 0 Å². The first kappa shape index (κ1) is 17.9. The van der Waals surface area contributed by atoms with Crippen LogP contribution in [0.5, 0.6) is 0 Å². The fourth-order valence-corrected chi connectivity index (χ4v) is 3.43. The molecule has 0 bridgehead atoms. The zero-order chi connectivity index (χ0) is 15.0. The van der Waals surface area contributed by atoms with E-state index in [2.05, 4.69) is 26.2 Å². The molecular weight excluding hydrogens is 248 g/mol. The number of hydrogen-bond acceptors (Lipinski definition) is 3. The largest absolute Gasteiger partial charge is 0.379 e. The third-order valence-electron chi connectivity index (χ3n) is 5.25. The molecule has 0 radical (unpaired) electrons. The number of nitrogens with one attached hydrogen (secondary N) is 1. The Balaban J connectivity index is 2.33. The molecule has 0 aliphatic heterocycles. The molecule has 0 aromatic heterocycles. The molecule has 1 unspecified atom stereocenters. The zero-order valence-electron chi connectivity index (χ0n) is 14.1. The lowest BCUT2D eigenvalue weighted by atomic mass is 9.75. The molecule has 0 amide bonds. The number of hydrazine groups is 1. The number of hydrogen-bond donors (Lipinski definition) is 2. The van der Waals surface area contributed by atoms with Gasteiger partial charge in [-0.2, -0.15) is 0 Å². The van der Waals surface area contributed by atoms with Crippen molar-refractivity contribution in [3.63, 3.8) is 0 Å². The highest BCUT2D eigenvalue weighted by molar-refractivity contribution is 4.83. The van der Waals surface area contributed by atoms with Crippen molar-refractivity contribution in [1.82, 2.24) is 5.43 Å². The molecule has 3 heteroatoms. The van der Waals surface area contributed by atoms with Crippen LogP contribution in [-0.4, -0.2) is 18.8 Å². The van der Waals surface area contributed by atoms with Crippen LogP contribution in [0.1, 0.15) is 78.6 Å². The first-order valence-corrected chi connectivity index (χ1v) is 8.53. The van der Waals surface area contributed by atoms with Gasteiger partial charge in [-0.15, -0.1) is 0 Å². The fraction of sp³-hybridized carbons (Fsp3) is 1.00. The number of unbranched alkanes of at least 4 members (excludes halogenated alkanes) is 1. The molecule has 3 N–H and O–H groups in total. The van der Waals surface area contributed by atoms with Crippen molar-refractivity contribution in [2.24, 2.45) is 17.7 Å². The van der Waals surface area contributed by atoms with Crippen molar-refractivity contribution in [1.29, 1.82) is 0 Å². The fourth-order valence-electron chi connectivity index (χ4n) is 3.43.